The van der Waals surface area contributed by atoms with Gasteiger partial charge in [0.05, 0.1) is 16.5 Å². The highest BCUT2D eigenvalue weighted by Gasteiger charge is 2.29. The molecule has 0 aliphatic heterocycles. The molecule has 0 radical (unpaired) electrons. The average molecular weight is 478 g/mol. The lowest BCUT2D eigenvalue weighted by Gasteiger charge is -2.12. The van der Waals surface area contributed by atoms with Crippen LogP contribution in [0.5, 0.6) is 0 Å². The van der Waals surface area contributed by atoms with Gasteiger partial charge in [-0.15, -0.1) is 0 Å². The van der Waals surface area contributed by atoms with E-state index >= 15 is 0 Å². The molecular weight excluding hydrogens is 458 g/mol. The van der Waals surface area contributed by atoms with E-state index in [2.05, 4.69) is 0 Å². The van der Waals surface area contributed by atoms with Gasteiger partial charge in [-0.2, -0.15) is 0 Å². The Bertz CT molecular complexity index is 2120. The van der Waals surface area contributed by atoms with Crippen molar-refractivity contribution in [2.24, 2.45) is 0 Å². The molecule has 7 aromatic rings. The first-order chi connectivity index (χ1) is 18.2. The quantitative estimate of drug-likeness (QED) is 0.303. The lowest BCUT2D eigenvalue weighted by molar-refractivity contribution is 0.991. The van der Waals surface area contributed by atoms with Gasteiger partial charge in [-0.25, -0.2) is 4.57 Å². The first-order valence-corrected chi connectivity index (χ1v) is 12.1. The van der Waals surface area contributed by atoms with Crippen molar-refractivity contribution in [3.8, 4) is 27.9 Å². The molecule has 1 heterocycles. The third kappa shape index (κ3) is 2.93. The lowest BCUT2D eigenvalue weighted by Crippen LogP contribution is -2.23. The van der Waals surface area contributed by atoms with Gasteiger partial charge in [0.2, 0.25) is 0 Å². The van der Waals surface area contributed by atoms with Gasteiger partial charge in [0.1, 0.15) is 0 Å². The van der Waals surface area contributed by atoms with Gasteiger partial charge in [0, 0.05) is 27.3 Å². The second kappa shape index (κ2) is 7.97. The topological polar surface area (TPSA) is 56.1 Å². The molecule has 4 heteroatoms. The van der Waals surface area contributed by atoms with E-state index in [1.54, 1.807) is 24.3 Å². The first-order valence-electron chi connectivity index (χ1n) is 12.1. The second-order valence-electron chi connectivity index (χ2n) is 9.14. The minimum atomic E-state index is -0.422. The smallest absolute Gasteiger partial charge is 0.266 e. The maximum Gasteiger partial charge on any atom is 0.266 e. The van der Waals surface area contributed by atoms with E-state index in [0.717, 1.165) is 16.5 Å². The number of hydrogen-bond donors (Lipinski definition) is 0. The molecule has 0 aliphatic carbocycles. The molecule has 6 aromatic carbocycles. The van der Waals surface area contributed by atoms with Gasteiger partial charge in [-0.1, -0.05) is 103 Å². The van der Waals surface area contributed by atoms with Crippen molar-refractivity contribution in [2.75, 3.05) is 0 Å². The fourth-order valence-electron chi connectivity index (χ4n) is 5.62. The predicted octanol–water partition coefficient (Wildman–Crippen LogP) is 6.23. The summed E-state index contributed by atoms with van der Waals surface area (Å²) in [4.78, 5) is 42.4. The van der Waals surface area contributed by atoms with Gasteiger partial charge in [0.15, 0.2) is 5.43 Å². The normalized spacial score (nSPS) is 11.6. The number of benzene rings is 5. The van der Waals surface area contributed by atoms with Crippen LogP contribution in [0.25, 0.3) is 60.3 Å². The van der Waals surface area contributed by atoms with Crippen molar-refractivity contribution < 1.29 is 0 Å². The molecule has 174 valence electrons. The van der Waals surface area contributed by atoms with Crippen LogP contribution in [-0.2, 0) is 0 Å². The van der Waals surface area contributed by atoms with Crippen LogP contribution in [0.3, 0.4) is 0 Å². The number of aromatic nitrogens is 1. The Labute approximate surface area is 211 Å². The fourth-order valence-corrected chi connectivity index (χ4v) is 5.62. The molecule has 0 N–H and O–H groups in total. The summed E-state index contributed by atoms with van der Waals surface area (Å²) in [6.07, 6.45) is 0. The summed E-state index contributed by atoms with van der Waals surface area (Å²) in [7, 11) is 0. The molecule has 0 amide bonds. The fraction of sp³-hybridized carbons (Fsp3) is 0. The van der Waals surface area contributed by atoms with E-state index in [9.17, 15) is 14.4 Å². The highest BCUT2D eigenvalue weighted by atomic mass is 16.2. The second-order valence-corrected chi connectivity index (χ2v) is 9.14. The molecule has 0 saturated carbocycles. The van der Waals surface area contributed by atoms with E-state index in [1.807, 2.05) is 91.0 Å². The molecule has 4 nitrogen and oxygen atoms in total. The zero-order chi connectivity index (χ0) is 25.1. The molecule has 7 rings (SSSR count). The summed E-state index contributed by atoms with van der Waals surface area (Å²) in [5, 5.41) is 3.15. The number of fused-ring (bicyclic) bond motifs is 4. The molecule has 37 heavy (non-hydrogen) atoms. The molecule has 0 fully saturated rings. The summed E-state index contributed by atoms with van der Waals surface area (Å²) < 4.78 is 1.23. The van der Waals surface area contributed by atoms with E-state index in [4.69, 9.17) is 0 Å². The first kappa shape index (κ1) is 21.2. The van der Waals surface area contributed by atoms with Crippen molar-refractivity contribution >= 4 is 32.3 Å². The summed E-state index contributed by atoms with van der Waals surface area (Å²) in [5.41, 5.74) is 2.21. The minimum Gasteiger partial charge on any atom is -0.289 e. The van der Waals surface area contributed by atoms with Gasteiger partial charge < -0.3 is 0 Å². The van der Waals surface area contributed by atoms with Gasteiger partial charge >= 0.3 is 0 Å². The standard InChI is InChI=1S/C33H19NO3/c35-31-24-19-11-10-18-23(24)27-25(20-12-4-1-5-13-20)29-30(26(28(27)31)21-14-6-2-7-15-21)33(37)34(32(29)36)22-16-8-3-9-17-22/h1-19H. The predicted molar refractivity (Wildman–Crippen MR) is 150 cm³/mol. The van der Waals surface area contributed by atoms with E-state index < -0.39 is 5.56 Å². The van der Waals surface area contributed by atoms with Crippen LogP contribution in [-0.4, -0.2) is 4.57 Å². The SMILES string of the molecule is O=c1c2ccccc2c2c(-c3ccccc3)c3c(=O)n(-c4ccccc4)c(=O)c3c(-c3ccccc3)c12. The van der Waals surface area contributed by atoms with Crippen molar-refractivity contribution in [1.29, 1.82) is 0 Å². The molecule has 0 aliphatic rings. The number of rotatable bonds is 3. The highest BCUT2D eigenvalue weighted by molar-refractivity contribution is 6.29. The average Bonchev–Trinajstić information content (AvgIpc) is 3.39. The van der Waals surface area contributed by atoms with Crippen molar-refractivity contribution in [2.45, 2.75) is 0 Å². The minimum absolute atomic E-state index is 0.136. The molecule has 0 saturated heterocycles. The van der Waals surface area contributed by atoms with Gasteiger partial charge in [-0.05, 0) is 28.6 Å². The molecule has 0 spiro atoms. The van der Waals surface area contributed by atoms with Crippen LogP contribution < -0.4 is 16.5 Å². The summed E-state index contributed by atoms with van der Waals surface area (Å²) >= 11 is 0. The maximum absolute atomic E-state index is 14.2. The Morgan fingerprint density at radius 2 is 0.838 bits per heavy atom. The number of nitrogens with zero attached hydrogens (tertiary/aromatic N) is 1. The molecule has 0 unspecified atom stereocenters. The Balaban J connectivity index is 1.86. The molecule has 0 atom stereocenters. The Kier molecular flexibility index (Phi) is 4.57. The van der Waals surface area contributed by atoms with Crippen molar-refractivity contribution in [3.05, 3.63) is 146 Å². The highest BCUT2D eigenvalue weighted by Crippen LogP contribution is 2.43. The van der Waals surface area contributed by atoms with Gasteiger partial charge in [-0.3, -0.25) is 14.4 Å². The van der Waals surface area contributed by atoms with Crippen LogP contribution >= 0.6 is 0 Å². The third-order valence-corrected chi connectivity index (χ3v) is 7.14. The van der Waals surface area contributed by atoms with Crippen LogP contribution in [0.2, 0.25) is 0 Å². The maximum atomic E-state index is 14.2. The van der Waals surface area contributed by atoms with Crippen LogP contribution in [0.1, 0.15) is 0 Å². The van der Waals surface area contributed by atoms with Crippen molar-refractivity contribution in [1.82, 2.24) is 4.57 Å². The van der Waals surface area contributed by atoms with Crippen molar-refractivity contribution in [3.63, 3.8) is 0 Å². The lowest BCUT2D eigenvalue weighted by atomic mass is 9.89. The monoisotopic (exact) mass is 477 g/mol. The number of hydrogen-bond acceptors (Lipinski definition) is 3. The molecular formula is C33H19NO3. The van der Waals surface area contributed by atoms with E-state index in [1.165, 1.54) is 4.57 Å². The Morgan fingerprint density at radius 1 is 0.405 bits per heavy atom. The largest absolute Gasteiger partial charge is 0.289 e. The number of para-hydroxylation sites is 1. The summed E-state index contributed by atoms with van der Waals surface area (Å²) in [6, 6.07) is 35.4. The third-order valence-electron chi connectivity index (χ3n) is 7.14. The summed E-state index contributed by atoms with van der Waals surface area (Å²) in [5.74, 6) is 0. The molecule has 0 bridgehead atoms. The van der Waals surface area contributed by atoms with Crippen LogP contribution in [0.15, 0.2) is 130 Å². The Hall–Kier alpha value is -5.09. The zero-order valence-electron chi connectivity index (χ0n) is 19.6. The van der Waals surface area contributed by atoms with Crippen LogP contribution in [0.4, 0.5) is 0 Å². The summed E-state index contributed by atoms with van der Waals surface area (Å²) in [6.45, 7) is 0. The van der Waals surface area contributed by atoms with E-state index in [0.29, 0.717) is 38.4 Å². The zero-order valence-corrected chi connectivity index (χ0v) is 19.6. The molecule has 1 aromatic heterocycles. The van der Waals surface area contributed by atoms with Gasteiger partial charge in [0.25, 0.3) is 11.1 Å². The van der Waals surface area contributed by atoms with Crippen LogP contribution in [0, 0.1) is 0 Å². The Morgan fingerprint density at radius 3 is 1.38 bits per heavy atom. The van der Waals surface area contributed by atoms with E-state index in [-0.39, 0.29) is 16.4 Å².